The largest absolute Gasteiger partial charge is 0.506 e. The van der Waals surface area contributed by atoms with Crippen LogP contribution in [0.2, 0.25) is 0 Å². The number of hydrogen-bond donors (Lipinski definition) is 7. The molecule has 220 valence electrons. The molecule has 9 nitrogen and oxygen atoms in total. The molecule has 0 atom stereocenters. The minimum atomic E-state index is -1.27. The Labute approximate surface area is 247 Å². The minimum absolute atomic E-state index is 0.137. The number of H-pyrrole nitrogens is 4. The summed E-state index contributed by atoms with van der Waals surface area (Å²) in [6.07, 6.45) is 8.70. The van der Waals surface area contributed by atoms with Gasteiger partial charge in [-0.05, 0) is 92.1 Å². The molecule has 4 aromatic heterocycles. The Morgan fingerprint density at radius 2 is 1.44 bits per heavy atom. The molecule has 8 bridgehead atoms. The van der Waals surface area contributed by atoms with Crippen LogP contribution in [-0.4, -0.2) is 47.2 Å². The van der Waals surface area contributed by atoms with Gasteiger partial charge in [0, 0.05) is 56.2 Å². The Kier molecular flexibility index (Phi) is 6.49. The van der Waals surface area contributed by atoms with Crippen molar-refractivity contribution in [3.05, 3.63) is 101 Å². The summed E-state index contributed by atoms with van der Waals surface area (Å²) >= 11 is 0. The van der Waals surface area contributed by atoms with Gasteiger partial charge in [0.15, 0.2) is 0 Å². The van der Waals surface area contributed by atoms with Gasteiger partial charge < -0.3 is 35.3 Å². The fourth-order valence-corrected chi connectivity index (χ4v) is 6.63. The summed E-state index contributed by atoms with van der Waals surface area (Å²) in [4.78, 5) is 38.2. The zero-order valence-corrected chi connectivity index (χ0v) is 24.8. The van der Waals surface area contributed by atoms with Crippen LogP contribution in [0.1, 0.15) is 80.6 Å². The molecule has 7 N–H and O–H groups in total. The van der Waals surface area contributed by atoms with Gasteiger partial charge in [-0.1, -0.05) is 19.6 Å². The van der Waals surface area contributed by atoms with E-state index in [-0.39, 0.29) is 24.2 Å². The standard InChI is InChI=1S/C34H34N4O5/c1-7-18-14(3)21-11-23-16(5)20(9-10-27(39)40)31(37-23)29-30(34(42)43)33(41)28-17(6)24(38-32(28)29)13-26-19(8-2)15(4)22(36-26)12-25(18)35-21/h7,11-13,35-38,41H,1,8-10H2,2-6H3,(H,39,40)(H,42,43). The van der Waals surface area contributed by atoms with Crippen molar-refractivity contribution in [1.82, 2.24) is 19.9 Å². The monoisotopic (exact) mass is 578 g/mol. The molecule has 0 amide bonds. The number of aliphatic hydroxyl groups is 1. The number of rotatable bonds is 6. The van der Waals surface area contributed by atoms with E-state index in [1.165, 1.54) is 0 Å². The van der Waals surface area contributed by atoms with Crippen molar-refractivity contribution in [3.8, 4) is 0 Å². The third kappa shape index (κ3) is 4.14. The maximum absolute atomic E-state index is 12.6. The number of aliphatic hydroxyl groups excluding tert-OH is 1. The predicted octanol–water partition coefficient (Wildman–Crippen LogP) is 2.82. The third-order valence-electron chi connectivity index (χ3n) is 8.98. The van der Waals surface area contributed by atoms with Gasteiger partial charge in [0.05, 0.1) is 11.0 Å². The van der Waals surface area contributed by atoms with E-state index in [2.05, 4.69) is 46.4 Å². The highest BCUT2D eigenvalue weighted by Gasteiger charge is 2.34. The molecule has 0 saturated heterocycles. The molecular weight excluding hydrogens is 544 g/mol. The van der Waals surface area contributed by atoms with Crippen LogP contribution in [-0.2, 0) is 22.4 Å². The molecule has 2 aliphatic rings. The Morgan fingerprint density at radius 3 is 2.09 bits per heavy atom. The zero-order chi connectivity index (χ0) is 30.9. The second kappa shape index (κ2) is 9.97. The van der Waals surface area contributed by atoms with Crippen LogP contribution in [0.3, 0.4) is 0 Å². The summed E-state index contributed by atoms with van der Waals surface area (Å²) in [7, 11) is 0. The van der Waals surface area contributed by atoms with Crippen LogP contribution in [0, 0.1) is 27.7 Å². The van der Waals surface area contributed by atoms with Crippen molar-refractivity contribution in [2.75, 3.05) is 0 Å². The second-order valence-electron chi connectivity index (χ2n) is 11.3. The average Bonchev–Trinajstić information content (AvgIpc) is 3.68. The van der Waals surface area contributed by atoms with Gasteiger partial charge in [0.2, 0.25) is 0 Å². The number of carboxylic acids is 2. The topological polar surface area (TPSA) is 158 Å². The van der Waals surface area contributed by atoms with E-state index >= 15 is 0 Å². The number of carboxylic acid groups (broad SMARTS) is 2. The Balaban J connectivity index is 1.82. The number of fused-ring (bicyclic) bond motifs is 8. The van der Waals surface area contributed by atoms with Crippen LogP contribution < -0.4 is 21.4 Å². The first-order valence-electron chi connectivity index (χ1n) is 14.3. The fourth-order valence-electron chi connectivity index (χ4n) is 6.63. The Bertz CT molecular complexity index is 2190. The van der Waals surface area contributed by atoms with E-state index in [0.29, 0.717) is 39.0 Å². The van der Waals surface area contributed by atoms with E-state index in [1.54, 1.807) is 0 Å². The summed E-state index contributed by atoms with van der Waals surface area (Å²) in [6.45, 7) is 14.0. The first kappa shape index (κ1) is 28.0. The van der Waals surface area contributed by atoms with Crippen molar-refractivity contribution < 1.29 is 24.9 Å². The van der Waals surface area contributed by atoms with Gasteiger partial charge in [0.25, 0.3) is 0 Å². The van der Waals surface area contributed by atoms with Gasteiger partial charge in [0.1, 0.15) is 11.3 Å². The SMILES string of the molecule is C=Cc1c(C)c2[nH]c1=Cc1[nH]c(c(CC)c1C)C=c1[nH]c3c(c1C)C(O)=C(C(=O)O)C=3c1[nH]c(c(C)c1CCC(=O)O)C=2. The number of aromatic amines is 4. The zero-order valence-electron chi connectivity index (χ0n) is 24.8. The van der Waals surface area contributed by atoms with Gasteiger partial charge in [-0.3, -0.25) is 4.79 Å². The van der Waals surface area contributed by atoms with Gasteiger partial charge in [-0.2, -0.15) is 0 Å². The lowest BCUT2D eigenvalue weighted by Gasteiger charge is -2.08. The lowest BCUT2D eigenvalue weighted by molar-refractivity contribution is -0.137. The van der Waals surface area contributed by atoms with Crippen molar-refractivity contribution in [2.45, 2.75) is 53.9 Å². The molecular formula is C34H34N4O5. The van der Waals surface area contributed by atoms with Crippen LogP contribution in [0.5, 0.6) is 0 Å². The molecule has 0 unspecified atom stereocenters. The minimum Gasteiger partial charge on any atom is -0.506 e. The smallest absolute Gasteiger partial charge is 0.340 e. The summed E-state index contributed by atoms with van der Waals surface area (Å²) in [5, 5.41) is 34.1. The summed E-state index contributed by atoms with van der Waals surface area (Å²) in [6, 6.07) is 0. The van der Waals surface area contributed by atoms with Crippen LogP contribution in [0.15, 0.2) is 12.2 Å². The molecule has 6 rings (SSSR count). The molecule has 1 aliphatic heterocycles. The molecule has 0 fully saturated rings. The summed E-state index contributed by atoms with van der Waals surface area (Å²) in [5.41, 5.74) is 9.99. The lowest BCUT2D eigenvalue weighted by Crippen LogP contribution is -2.17. The summed E-state index contributed by atoms with van der Waals surface area (Å²) in [5.74, 6) is -2.55. The maximum Gasteiger partial charge on any atom is 0.340 e. The Morgan fingerprint density at radius 1 is 0.814 bits per heavy atom. The first-order chi connectivity index (χ1) is 20.5. The molecule has 5 heterocycles. The highest BCUT2D eigenvalue weighted by atomic mass is 16.4. The normalized spacial score (nSPS) is 13.6. The third-order valence-corrected chi connectivity index (χ3v) is 8.98. The van der Waals surface area contributed by atoms with E-state index in [4.69, 9.17) is 0 Å². The van der Waals surface area contributed by atoms with Crippen molar-refractivity contribution >= 4 is 47.6 Å². The van der Waals surface area contributed by atoms with E-state index < -0.39 is 11.9 Å². The van der Waals surface area contributed by atoms with Crippen molar-refractivity contribution in [2.24, 2.45) is 0 Å². The number of hydrogen-bond acceptors (Lipinski definition) is 3. The van der Waals surface area contributed by atoms with E-state index in [0.717, 1.165) is 61.7 Å². The van der Waals surface area contributed by atoms with Gasteiger partial charge >= 0.3 is 11.9 Å². The van der Waals surface area contributed by atoms with Crippen LogP contribution in [0.25, 0.3) is 35.6 Å². The van der Waals surface area contributed by atoms with E-state index in [1.807, 2.05) is 39.0 Å². The highest BCUT2D eigenvalue weighted by Crippen LogP contribution is 2.36. The molecule has 0 spiro atoms. The average molecular weight is 579 g/mol. The van der Waals surface area contributed by atoms with Crippen LogP contribution >= 0.6 is 0 Å². The molecule has 1 aliphatic carbocycles. The maximum atomic E-state index is 12.6. The van der Waals surface area contributed by atoms with Gasteiger partial charge in [-0.15, -0.1) is 0 Å². The second-order valence-corrected chi connectivity index (χ2v) is 11.3. The lowest BCUT2D eigenvalue weighted by atomic mass is 9.97. The van der Waals surface area contributed by atoms with E-state index in [9.17, 15) is 24.9 Å². The predicted molar refractivity (Wildman–Crippen MR) is 166 cm³/mol. The molecule has 9 heteroatoms. The van der Waals surface area contributed by atoms with Crippen LogP contribution in [0.4, 0.5) is 0 Å². The molecule has 4 aromatic rings. The quantitative estimate of drug-likeness (QED) is 0.187. The number of aromatic nitrogens is 4. The van der Waals surface area contributed by atoms with Crippen molar-refractivity contribution in [1.29, 1.82) is 0 Å². The fraction of sp³-hybridized carbons (Fsp3) is 0.235. The Hall–Kier alpha value is -5.18. The summed E-state index contributed by atoms with van der Waals surface area (Å²) < 4.78 is 0. The molecule has 0 saturated carbocycles. The molecule has 0 radical (unpaired) electrons. The number of aliphatic carboxylic acids is 2. The number of nitrogens with one attached hydrogen (secondary N) is 4. The number of carbonyl (C=O) groups is 2. The molecule has 43 heavy (non-hydrogen) atoms. The van der Waals surface area contributed by atoms with Crippen molar-refractivity contribution in [3.63, 3.8) is 0 Å². The first-order valence-corrected chi connectivity index (χ1v) is 14.3. The highest BCUT2D eigenvalue weighted by molar-refractivity contribution is 6.14. The van der Waals surface area contributed by atoms with Gasteiger partial charge in [-0.25, -0.2) is 4.79 Å². The molecule has 0 aromatic carbocycles.